The van der Waals surface area contributed by atoms with Crippen LogP contribution in [0, 0.1) is 6.92 Å². The first-order valence-electron chi connectivity index (χ1n) is 9.26. The van der Waals surface area contributed by atoms with Crippen LogP contribution in [0.25, 0.3) is 5.69 Å². The average molecular weight is 401 g/mol. The topological polar surface area (TPSA) is 91.2 Å². The molecule has 1 aromatic heterocycles. The molecule has 8 nitrogen and oxygen atoms in total. The molecule has 1 amide bonds. The highest BCUT2D eigenvalue weighted by atomic mass is 16.5. The number of anilines is 1. The molecular weight excluding hydrogens is 382 g/mol. The first-order chi connectivity index (χ1) is 14.7. The first-order valence-corrected chi connectivity index (χ1v) is 9.26. The molecule has 150 valence electrons. The van der Waals surface area contributed by atoms with Gasteiger partial charge in [-0.15, -0.1) is 5.10 Å². The summed E-state index contributed by atoms with van der Waals surface area (Å²) in [6, 6.07) is 22.1. The number of carbonyl (C=O) groups excluding carboxylic acids is 1. The molecule has 0 fully saturated rings. The molecule has 8 heteroatoms. The molecular formula is C22H19N5O3. The molecule has 3 aromatic carbocycles. The van der Waals surface area contributed by atoms with E-state index in [1.807, 2.05) is 31.2 Å². The zero-order valence-electron chi connectivity index (χ0n) is 16.2. The summed E-state index contributed by atoms with van der Waals surface area (Å²) in [5, 5.41) is 13.8. The van der Waals surface area contributed by atoms with Gasteiger partial charge in [0.1, 0.15) is 23.6 Å². The number of carbonyl (C=O) groups is 1. The Kier molecular flexibility index (Phi) is 5.66. The number of benzene rings is 3. The molecule has 0 aliphatic heterocycles. The Morgan fingerprint density at radius 2 is 1.53 bits per heavy atom. The van der Waals surface area contributed by atoms with Crippen molar-refractivity contribution in [2.75, 3.05) is 11.9 Å². The number of ether oxygens (including phenoxy) is 2. The minimum atomic E-state index is -0.258. The van der Waals surface area contributed by atoms with E-state index in [1.54, 1.807) is 48.5 Å². The monoisotopic (exact) mass is 401 g/mol. The summed E-state index contributed by atoms with van der Waals surface area (Å²) in [6.07, 6.45) is 1.50. The van der Waals surface area contributed by atoms with Gasteiger partial charge in [-0.25, -0.2) is 4.68 Å². The van der Waals surface area contributed by atoms with Crippen LogP contribution in [0.15, 0.2) is 79.1 Å². The van der Waals surface area contributed by atoms with Crippen molar-refractivity contribution in [2.45, 2.75) is 6.92 Å². The minimum Gasteiger partial charge on any atom is -0.484 e. The van der Waals surface area contributed by atoms with E-state index in [0.29, 0.717) is 17.2 Å². The number of aryl methyl sites for hydroxylation is 1. The van der Waals surface area contributed by atoms with Gasteiger partial charge < -0.3 is 14.8 Å². The van der Waals surface area contributed by atoms with E-state index in [0.717, 1.165) is 11.4 Å². The third-order valence-corrected chi connectivity index (χ3v) is 4.21. The zero-order valence-corrected chi connectivity index (χ0v) is 16.2. The number of aromatic nitrogens is 4. The summed E-state index contributed by atoms with van der Waals surface area (Å²) in [7, 11) is 0. The number of rotatable bonds is 7. The lowest BCUT2D eigenvalue weighted by molar-refractivity contribution is -0.118. The molecule has 0 saturated carbocycles. The highest BCUT2D eigenvalue weighted by Crippen LogP contribution is 2.23. The van der Waals surface area contributed by atoms with Crippen LogP contribution < -0.4 is 14.8 Å². The summed E-state index contributed by atoms with van der Waals surface area (Å²) in [5.74, 6) is 1.77. The number of amides is 1. The van der Waals surface area contributed by atoms with Crippen LogP contribution in [0.1, 0.15) is 5.56 Å². The largest absolute Gasteiger partial charge is 0.484 e. The van der Waals surface area contributed by atoms with Crippen molar-refractivity contribution < 1.29 is 14.3 Å². The predicted octanol–water partition coefficient (Wildman–Crippen LogP) is 3.78. The standard InChI is InChI=1S/C22H19N5O3/c1-16-2-8-20(9-3-16)30-21-10-4-17(5-11-21)24-22(28)14-29-19-12-6-18(7-13-19)27-15-23-25-26-27/h2-13,15H,14H2,1H3,(H,24,28). The second-order valence-corrected chi connectivity index (χ2v) is 6.52. The van der Waals surface area contributed by atoms with Crippen molar-refractivity contribution in [1.82, 2.24) is 20.2 Å². The molecule has 0 unspecified atom stereocenters. The molecule has 0 aliphatic rings. The van der Waals surface area contributed by atoms with Crippen LogP contribution in [0.4, 0.5) is 5.69 Å². The van der Waals surface area contributed by atoms with E-state index in [4.69, 9.17) is 9.47 Å². The van der Waals surface area contributed by atoms with E-state index in [2.05, 4.69) is 20.8 Å². The summed E-state index contributed by atoms with van der Waals surface area (Å²) in [5.41, 5.74) is 2.63. The van der Waals surface area contributed by atoms with Crippen LogP contribution in [-0.4, -0.2) is 32.7 Å². The second kappa shape index (κ2) is 8.87. The fraction of sp³-hybridized carbons (Fsp3) is 0.0909. The Morgan fingerprint density at radius 1 is 0.900 bits per heavy atom. The van der Waals surface area contributed by atoms with Gasteiger partial charge in [-0.05, 0) is 78.0 Å². The van der Waals surface area contributed by atoms with Gasteiger partial charge in [-0.1, -0.05) is 17.7 Å². The zero-order chi connectivity index (χ0) is 20.8. The maximum Gasteiger partial charge on any atom is 0.262 e. The number of nitrogens with one attached hydrogen (secondary N) is 1. The van der Waals surface area contributed by atoms with Crippen molar-refractivity contribution in [2.24, 2.45) is 0 Å². The number of hydrogen-bond donors (Lipinski definition) is 1. The van der Waals surface area contributed by atoms with E-state index in [-0.39, 0.29) is 12.5 Å². The average Bonchev–Trinajstić information content (AvgIpc) is 3.31. The van der Waals surface area contributed by atoms with Gasteiger partial charge in [-0.3, -0.25) is 4.79 Å². The van der Waals surface area contributed by atoms with Gasteiger partial charge >= 0.3 is 0 Å². The molecule has 0 radical (unpaired) electrons. The van der Waals surface area contributed by atoms with Crippen molar-refractivity contribution in [3.8, 4) is 22.9 Å². The van der Waals surface area contributed by atoms with E-state index >= 15 is 0 Å². The molecule has 0 bridgehead atoms. The molecule has 0 aliphatic carbocycles. The van der Waals surface area contributed by atoms with Gasteiger partial charge in [-0.2, -0.15) is 0 Å². The molecule has 4 aromatic rings. The smallest absolute Gasteiger partial charge is 0.262 e. The molecule has 1 N–H and O–H groups in total. The predicted molar refractivity (Wildman–Crippen MR) is 111 cm³/mol. The Bertz CT molecular complexity index is 1090. The van der Waals surface area contributed by atoms with E-state index in [1.165, 1.54) is 16.6 Å². The van der Waals surface area contributed by atoms with Crippen molar-refractivity contribution in [3.05, 3.63) is 84.7 Å². The normalized spacial score (nSPS) is 10.4. The Labute approximate surface area is 173 Å². The van der Waals surface area contributed by atoms with Gasteiger partial charge in [0.25, 0.3) is 5.91 Å². The lowest BCUT2D eigenvalue weighted by Crippen LogP contribution is -2.20. The van der Waals surface area contributed by atoms with E-state index in [9.17, 15) is 4.79 Å². The fourth-order valence-electron chi connectivity index (χ4n) is 2.67. The lowest BCUT2D eigenvalue weighted by atomic mass is 10.2. The molecule has 4 rings (SSSR count). The Hall–Kier alpha value is -4.20. The first kappa shape index (κ1) is 19.1. The van der Waals surface area contributed by atoms with E-state index < -0.39 is 0 Å². The third-order valence-electron chi connectivity index (χ3n) is 4.21. The van der Waals surface area contributed by atoms with Gasteiger partial charge in [0.05, 0.1) is 5.69 Å². The maximum absolute atomic E-state index is 12.1. The quantitative estimate of drug-likeness (QED) is 0.507. The van der Waals surface area contributed by atoms with Gasteiger partial charge in [0.15, 0.2) is 6.61 Å². The third kappa shape index (κ3) is 4.99. The van der Waals surface area contributed by atoms with Crippen molar-refractivity contribution in [3.63, 3.8) is 0 Å². The maximum atomic E-state index is 12.1. The lowest BCUT2D eigenvalue weighted by Gasteiger charge is -2.09. The van der Waals surface area contributed by atoms with Crippen LogP contribution >= 0.6 is 0 Å². The molecule has 0 spiro atoms. The summed E-state index contributed by atoms with van der Waals surface area (Å²) >= 11 is 0. The molecule has 0 atom stereocenters. The summed E-state index contributed by atoms with van der Waals surface area (Å²) in [4.78, 5) is 12.1. The van der Waals surface area contributed by atoms with Crippen molar-refractivity contribution >= 4 is 11.6 Å². The molecule has 30 heavy (non-hydrogen) atoms. The number of hydrogen-bond acceptors (Lipinski definition) is 6. The van der Waals surface area contributed by atoms with Crippen LogP contribution in [-0.2, 0) is 4.79 Å². The second-order valence-electron chi connectivity index (χ2n) is 6.52. The summed E-state index contributed by atoms with van der Waals surface area (Å²) < 4.78 is 12.8. The van der Waals surface area contributed by atoms with Crippen LogP contribution in [0.2, 0.25) is 0 Å². The Morgan fingerprint density at radius 3 is 2.17 bits per heavy atom. The Balaban J connectivity index is 1.27. The van der Waals surface area contributed by atoms with Crippen molar-refractivity contribution in [1.29, 1.82) is 0 Å². The SMILES string of the molecule is Cc1ccc(Oc2ccc(NC(=O)COc3ccc(-n4cnnn4)cc3)cc2)cc1. The summed E-state index contributed by atoms with van der Waals surface area (Å²) in [6.45, 7) is 1.92. The van der Waals surface area contributed by atoms with Crippen LogP contribution in [0.3, 0.4) is 0 Å². The van der Waals surface area contributed by atoms with Crippen LogP contribution in [0.5, 0.6) is 17.2 Å². The number of tetrazole rings is 1. The fourth-order valence-corrected chi connectivity index (χ4v) is 2.67. The molecule has 0 saturated heterocycles. The minimum absolute atomic E-state index is 0.105. The highest BCUT2D eigenvalue weighted by Gasteiger charge is 2.06. The molecule has 1 heterocycles. The highest BCUT2D eigenvalue weighted by molar-refractivity contribution is 5.91. The van der Waals surface area contributed by atoms with Gasteiger partial charge in [0.2, 0.25) is 0 Å². The number of nitrogens with zero attached hydrogens (tertiary/aromatic N) is 4. The van der Waals surface area contributed by atoms with Gasteiger partial charge in [0, 0.05) is 5.69 Å².